The largest absolute Gasteiger partial charge is 0.491 e. The normalized spacial score (nSPS) is 15.1. The summed E-state index contributed by atoms with van der Waals surface area (Å²) in [6, 6.07) is 9.46. The lowest BCUT2D eigenvalue weighted by atomic mass is 10.1. The summed E-state index contributed by atoms with van der Waals surface area (Å²) in [6.45, 7) is 2.27. The highest BCUT2D eigenvalue weighted by molar-refractivity contribution is 8.27. The molecular weight excluding hydrogens is 434 g/mol. The summed E-state index contributed by atoms with van der Waals surface area (Å²) in [4.78, 5) is 25.9. The van der Waals surface area contributed by atoms with Gasteiger partial charge in [-0.15, -0.1) is 0 Å². The summed E-state index contributed by atoms with van der Waals surface area (Å²) < 4.78 is 11.1. The Morgan fingerprint density at radius 1 is 1.34 bits per heavy atom. The average molecular weight is 450 g/mol. The third kappa shape index (κ3) is 4.39. The van der Waals surface area contributed by atoms with Crippen LogP contribution in [-0.4, -0.2) is 35.0 Å². The first-order valence-electron chi connectivity index (χ1n) is 8.47. The molecule has 0 aromatic heterocycles. The molecule has 0 aliphatic carbocycles. The van der Waals surface area contributed by atoms with E-state index < -0.39 is 5.97 Å². The molecule has 2 aromatic rings. The third-order valence-corrected chi connectivity index (χ3v) is 5.56. The van der Waals surface area contributed by atoms with Gasteiger partial charge in [0.25, 0.3) is 5.91 Å². The summed E-state index contributed by atoms with van der Waals surface area (Å²) in [6.07, 6.45) is 1.66. The minimum absolute atomic E-state index is 0.0730. The second-order valence-corrected chi connectivity index (χ2v) is 7.92. The Kier molecular flexibility index (Phi) is 6.46. The minimum Gasteiger partial charge on any atom is -0.491 e. The van der Waals surface area contributed by atoms with Crippen LogP contribution in [0.4, 0.5) is 5.69 Å². The van der Waals surface area contributed by atoms with Crippen molar-refractivity contribution in [3.05, 3.63) is 57.5 Å². The predicted octanol–water partition coefficient (Wildman–Crippen LogP) is 4.85. The number of anilines is 1. The predicted molar refractivity (Wildman–Crippen MR) is 118 cm³/mol. The van der Waals surface area contributed by atoms with Crippen LogP contribution in [0, 0.1) is 0 Å². The van der Waals surface area contributed by atoms with Gasteiger partial charge in [0, 0.05) is 0 Å². The van der Waals surface area contributed by atoms with Gasteiger partial charge in [-0.05, 0) is 48.9 Å². The molecule has 1 aliphatic heterocycles. The fourth-order valence-corrected chi connectivity index (χ4v) is 4.35. The molecule has 1 amide bonds. The molecule has 150 valence electrons. The fourth-order valence-electron chi connectivity index (χ4n) is 2.75. The molecule has 1 fully saturated rings. The highest BCUT2D eigenvalue weighted by atomic mass is 35.5. The Bertz CT molecular complexity index is 1040. The number of halogens is 1. The number of benzene rings is 2. The number of amides is 1. The van der Waals surface area contributed by atoms with Gasteiger partial charge >= 0.3 is 5.97 Å². The first-order valence-corrected chi connectivity index (χ1v) is 10.1. The number of carbonyl (C=O) groups excluding carboxylic acids is 1. The van der Waals surface area contributed by atoms with E-state index in [0.717, 1.165) is 11.8 Å². The number of methoxy groups -OCH3 is 1. The maximum atomic E-state index is 12.9. The van der Waals surface area contributed by atoms with E-state index in [4.69, 9.17) is 33.3 Å². The Morgan fingerprint density at radius 2 is 2.10 bits per heavy atom. The Labute approximate surface area is 182 Å². The number of ether oxygens (including phenoxy) is 2. The summed E-state index contributed by atoms with van der Waals surface area (Å²) in [5.41, 5.74) is 1.13. The summed E-state index contributed by atoms with van der Waals surface area (Å²) in [5, 5.41) is 9.54. The van der Waals surface area contributed by atoms with Crippen LogP contribution in [0.15, 0.2) is 41.3 Å². The lowest BCUT2D eigenvalue weighted by Crippen LogP contribution is -2.27. The molecule has 0 unspecified atom stereocenters. The van der Waals surface area contributed by atoms with Gasteiger partial charge in [-0.2, -0.15) is 0 Å². The van der Waals surface area contributed by atoms with Crippen LogP contribution in [0.2, 0.25) is 5.02 Å². The smallest absolute Gasteiger partial charge is 0.335 e. The van der Waals surface area contributed by atoms with Crippen LogP contribution in [0.1, 0.15) is 22.8 Å². The lowest BCUT2D eigenvalue weighted by Gasteiger charge is -2.15. The zero-order chi connectivity index (χ0) is 21.1. The number of hydrogen-bond donors (Lipinski definition) is 1. The molecule has 0 radical (unpaired) electrons. The van der Waals surface area contributed by atoms with Gasteiger partial charge in [-0.1, -0.05) is 41.6 Å². The summed E-state index contributed by atoms with van der Waals surface area (Å²) in [7, 11) is 1.50. The summed E-state index contributed by atoms with van der Waals surface area (Å²) >= 11 is 12.7. The molecule has 0 saturated carbocycles. The zero-order valence-corrected chi connectivity index (χ0v) is 17.9. The van der Waals surface area contributed by atoms with E-state index in [-0.39, 0.29) is 11.5 Å². The molecule has 1 heterocycles. The number of carboxylic acids is 1. The van der Waals surface area contributed by atoms with E-state index in [9.17, 15) is 14.7 Å². The molecule has 0 bridgehead atoms. The average Bonchev–Trinajstić information content (AvgIpc) is 2.95. The molecule has 0 atom stereocenters. The number of hydrogen-bond acceptors (Lipinski definition) is 6. The van der Waals surface area contributed by atoms with Crippen molar-refractivity contribution in [3.63, 3.8) is 0 Å². The highest BCUT2D eigenvalue weighted by Crippen LogP contribution is 2.40. The van der Waals surface area contributed by atoms with Gasteiger partial charge in [0.15, 0.2) is 15.8 Å². The molecule has 2 aromatic carbocycles. The van der Waals surface area contributed by atoms with Crippen molar-refractivity contribution < 1.29 is 24.2 Å². The van der Waals surface area contributed by atoms with E-state index in [2.05, 4.69) is 0 Å². The van der Waals surface area contributed by atoms with Crippen molar-refractivity contribution in [1.82, 2.24) is 0 Å². The van der Waals surface area contributed by atoms with E-state index >= 15 is 0 Å². The van der Waals surface area contributed by atoms with Gasteiger partial charge in [-0.25, -0.2) is 4.79 Å². The van der Waals surface area contributed by atoms with E-state index in [1.807, 2.05) is 6.92 Å². The monoisotopic (exact) mass is 449 g/mol. The van der Waals surface area contributed by atoms with Crippen molar-refractivity contribution in [2.75, 3.05) is 18.6 Å². The highest BCUT2D eigenvalue weighted by Gasteiger charge is 2.33. The van der Waals surface area contributed by atoms with Crippen LogP contribution in [0.3, 0.4) is 0 Å². The van der Waals surface area contributed by atoms with Gasteiger partial charge in [0.05, 0.1) is 34.9 Å². The van der Waals surface area contributed by atoms with Gasteiger partial charge in [-0.3, -0.25) is 9.69 Å². The van der Waals surface area contributed by atoms with Crippen molar-refractivity contribution in [2.45, 2.75) is 6.92 Å². The second kappa shape index (κ2) is 8.86. The van der Waals surface area contributed by atoms with Crippen molar-refractivity contribution in [1.29, 1.82) is 0 Å². The molecule has 9 heteroatoms. The number of aromatic carboxylic acids is 1. The Hall–Kier alpha value is -2.55. The number of nitrogens with zero attached hydrogens (tertiary/aromatic N) is 1. The standard InChI is InChI=1S/C20H16ClNO5S2/c1-3-27-15-8-11(7-14(21)17(15)26-2)9-16-18(23)22(20(28)29-16)13-6-4-5-12(10-13)19(24)25/h4-10H,3H2,1-2H3,(H,24,25)/b16-9-. The molecule has 0 spiro atoms. The fraction of sp³-hybridized carbons (Fsp3) is 0.150. The number of thiocarbonyl (C=S) groups is 1. The van der Waals surface area contributed by atoms with E-state index in [0.29, 0.717) is 43.6 Å². The number of thioether (sulfide) groups is 1. The molecule has 1 aliphatic rings. The molecule has 6 nitrogen and oxygen atoms in total. The zero-order valence-electron chi connectivity index (χ0n) is 15.5. The molecule has 1 saturated heterocycles. The number of rotatable bonds is 6. The van der Waals surface area contributed by atoms with Gasteiger partial charge < -0.3 is 14.6 Å². The SMILES string of the molecule is CCOc1cc(/C=C2\SC(=S)N(c3cccc(C(=O)O)c3)C2=O)cc(Cl)c1OC. The topological polar surface area (TPSA) is 76.1 Å². The Balaban J connectivity index is 1.96. The van der Waals surface area contributed by atoms with E-state index in [1.165, 1.54) is 24.1 Å². The molecule has 3 rings (SSSR count). The Morgan fingerprint density at radius 3 is 2.76 bits per heavy atom. The van der Waals surface area contributed by atoms with Crippen molar-refractivity contribution >= 4 is 63.5 Å². The van der Waals surface area contributed by atoms with E-state index in [1.54, 1.807) is 30.3 Å². The summed E-state index contributed by atoms with van der Waals surface area (Å²) in [5.74, 6) is -0.529. The maximum Gasteiger partial charge on any atom is 0.335 e. The van der Waals surface area contributed by atoms with Crippen molar-refractivity contribution in [3.8, 4) is 11.5 Å². The van der Waals surface area contributed by atoms with Crippen LogP contribution in [-0.2, 0) is 4.79 Å². The number of carboxylic acid groups (broad SMARTS) is 1. The first kappa shape index (κ1) is 21.2. The lowest BCUT2D eigenvalue weighted by molar-refractivity contribution is -0.113. The third-order valence-electron chi connectivity index (χ3n) is 3.98. The molecule has 1 N–H and O–H groups in total. The molecule has 29 heavy (non-hydrogen) atoms. The van der Waals surface area contributed by atoms with Crippen LogP contribution in [0.5, 0.6) is 11.5 Å². The van der Waals surface area contributed by atoms with Crippen molar-refractivity contribution in [2.24, 2.45) is 0 Å². The van der Waals surface area contributed by atoms with Crippen LogP contribution in [0.25, 0.3) is 6.08 Å². The van der Waals surface area contributed by atoms with Crippen LogP contribution >= 0.6 is 35.6 Å². The number of carbonyl (C=O) groups is 2. The first-order chi connectivity index (χ1) is 13.8. The molecular formula is C20H16ClNO5S2. The van der Waals surface area contributed by atoms with Gasteiger partial charge in [0.1, 0.15) is 0 Å². The van der Waals surface area contributed by atoms with Crippen LogP contribution < -0.4 is 14.4 Å². The maximum absolute atomic E-state index is 12.9. The minimum atomic E-state index is -1.08. The van der Waals surface area contributed by atoms with Gasteiger partial charge in [0.2, 0.25) is 0 Å². The second-order valence-electron chi connectivity index (χ2n) is 5.84. The quantitative estimate of drug-likeness (QED) is 0.499.